The molecule has 0 spiro atoms. The van der Waals surface area contributed by atoms with E-state index in [1.54, 1.807) is 55.6 Å². The first-order valence-corrected chi connectivity index (χ1v) is 13.7. The number of benzene rings is 3. The van der Waals surface area contributed by atoms with E-state index in [0.29, 0.717) is 48.6 Å². The summed E-state index contributed by atoms with van der Waals surface area (Å²) in [5, 5.41) is 16.6. The van der Waals surface area contributed by atoms with Crippen LogP contribution in [0, 0.1) is 13.7 Å². The van der Waals surface area contributed by atoms with Crippen LogP contribution < -0.4 is 19.8 Å². The number of aromatic nitrogens is 3. The van der Waals surface area contributed by atoms with Crippen molar-refractivity contribution >= 4 is 56.4 Å². The predicted octanol–water partition coefficient (Wildman–Crippen LogP) is 6.41. The molecule has 13 heteroatoms. The molecule has 43 heavy (non-hydrogen) atoms. The van der Waals surface area contributed by atoms with E-state index in [9.17, 15) is 14.9 Å². The summed E-state index contributed by atoms with van der Waals surface area (Å²) in [5.41, 5.74) is 1.14. The standard InChI is InChI=1S/C30H20IN5O7/c1-40-23-8-5-9-24-20(23)14-26(42-24)29-34-22-7-4-3-6-19(22)30(37)35(29)33-15-17-12-21(31)28(25(13-17)41-2)43-27-11-10-18(16-32-27)36(38)39/h3-16H,1-2H3. The Bertz CT molecular complexity index is 2110. The van der Waals surface area contributed by atoms with E-state index in [-0.39, 0.29) is 23.0 Å². The van der Waals surface area contributed by atoms with Crippen LogP contribution in [-0.4, -0.2) is 40.0 Å². The molecule has 6 rings (SSSR count). The highest BCUT2D eigenvalue weighted by Gasteiger charge is 2.19. The number of hydrogen-bond donors (Lipinski definition) is 0. The maximum absolute atomic E-state index is 13.6. The highest BCUT2D eigenvalue weighted by Crippen LogP contribution is 2.37. The van der Waals surface area contributed by atoms with Gasteiger partial charge in [0.2, 0.25) is 11.7 Å². The number of fused-ring (bicyclic) bond motifs is 2. The van der Waals surface area contributed by atoms with E-state index in [0.717, 1.165) is 11.6 Å². The molecule has 12 nitrogen and oxygen atoms in total. The van der Waals surface area contributed by atoms with Gasteiger partial charge in [0.15, 0.2) is 17.3 Å². The molecule has 0 atom stereocenters. The highest BCUT2D eigenvalue weighted by molar-refractivity contribution is 14.1. The Morgan fingerprint density at radius 3 is 2.56 bits per heavy atom. The fraction of sp³-hybridized carbons (Fsp3) is 0.0667. The van der Waals surface area contributed by atoms with E-state index in [1.807, 2.05) is 12.1 Å². The molecular formula is C30H20IN5O7. The minimum atomic E-state index is -0.540. The number of pyridine rings is 1. The molecule has 6 aromatic rings. The van der Waals surface area contributed by atoms with Crippen LogP contribution in [0.25, 0.3) is 33.5 Å². The number of rotatable bonds is 8. The largest absolute Gasteiger partial charge is 0.496 e. The van der Waals surface area contributed by atoms with Gasteiger partial charge < -0.3 is 18.6 Å². The smallest absolute Gasteiger partial charge is 0.287 e. The third kappa shape index (κ3) is 5.37. The lowest BCUT2D eigenvalue weighted by molar-refractivity contribution is -0.385. The second-order valence-electron chi connectivity index (χ2n) is 9.04. The normalized spacial score (nSPS) is 11.3. The van der Waals surface area contributed by atoms with Crippen LogP contribution >= 0.6 is 22.6 Å². The quantitative estimate of drug-likeness (QED) is 0.0767. The van der Waals surface area contributed by atoms with Crippen molar-refractivity contribution in [2.45, 2.75) is 0 Å². The zero-order valence-corrected chi connectivity index (χ0v) is 24.7. The average molecular weight is 689 g/mol. The van der Waals surface area contributed by atoms with E-state index in [4.69, 9.17) is 23.6 Å². The monoisotopic (exact) mass is 689 g/mol. The van der Waals surface area contributed by atoms with E-state index >= 15 is 0 Å². The first kappa shape index (κ1) is 27.8. The number of ether oxygens (including phenoxy) is 3. The van der Waals surface area contributed by atoms with E-state index < -0.39 is 4.92 Å². The summed E-state index contributed by atoms with van der Waals surface area (Å²) in [6.45, 7) is 0. The summed E-state index contributed by atoms with van der Waals surface area (Å²) in [4.78, 5) is 32.8. The summed E-state index contributed by atoms with van der Waals surface area (Å²) in [6, 6.07) is 20.4. The van der Waals surface area contributed by atoms with Gasteiger partial charge in [0.1, 0.15) is 17.5 Å². The predicted molar refractivity (Wildman–Crippen MR) is 167 cm³/mol. The Labute approximate surface area is 256 Å². The molecule has 3 aromatic heterocycles. The average Bonchev–Trinajstić information content (AvgIpc) is 3.46. The minimum Gasteiger partial charge on any atom is -0.496 e. The van der Waals surface area contributed by atoms with Crippen molar-refractivity contribution in [3.63, 3.8) is 0 Å². The molecule has 0 aliphatic rings. The van der Waals surface area contributed by atoms with Crippen molar-refractivity contribution in [1.29, 1.82) is 0 Å². The molecule has 0 N–H and O–H groups in total. The van der Waals surface area contributed by atoms with Gasteiger partial charge in [-0.05, 0) is 70.6 Å². The van der Waals surface area contributed by atoms with Gasteiger partial charge in [0, 0.05) is 12.1 Å². The Balaban J connectivity index is 1.42. The van der Waals surface area contributed by atoms with Crippen molar-refractivity contribution in [3.8, 4) is 34.7 Å². The maximum Gasteiger partial charge on any atom is 0.287 e. The summed E-state index contributed by atoms with van der Waals surface area (Å²) in [6.07, 6.45) is 2.61. The lowest BCUT2D eigenvalue weighted by Gasteiger charge is -2.12. The number of nitrogens with zero attached hydrogens (tertiary/aromatic N) is 5. The van der Waals surface area contributed by atoms with Crippen molar-refractivity contribution in [1.82, 2.24) is 14.6 Å². The first-order chi connectivity index (χ1) is 20.9. The van der Waals surface area contributed by atoms with Crippen LogP contribution in [-0.2, 0) is 0 Å². The van der Waals surface area contributed by atoms with Gasteiger partial charge >= 0.3 is 0 Å². The number of para-hydroxylation sites is 1. The Hall–Kier alpha value is -5.31. The SMILES string of the molecule is COc1cc(C=Nn2c(-c3cc4c(OC)cccc4o3)nc3ccccc3c2=O)cc(I)c1Oc1ccc([N+](=O)[O-])cn1. The van der Waals surface area contributed by atoms with Crippen LogP contribution in [0.2, 0.25) is 0 Å². The minimum absolute atomic E-state index is 0.153. The van der Waals surface area contributed by atoms with Gasteiger partial charge in [0.05, 0.1) is 45.2 Å². The molecule has 0 saturated heterocycles. The lowest BCUT2D eigenvalue weighted by atomic mass is 10.2. The molecule has 3 aromatic carbocycles. The molecule has 0 fully saturated rings. The van der Waals surface area contributed by atoms with Crippen molar-refractivity contribution in [3.05, 3.63) is 109 Å². The zero-order valence-electron chi connectivity index (χ0n) is 22.6. The molecule has 214 valence electrons. The Kier molecular flexibility index (Phi) is 7.46. The number of halogens is 1. The number of furan rings is 1. The van der Waals surface area contributed by atoms with Crippen LogP contribution in [0.15, 0.2) is 93.3 Å². The molecule has 0 saturated carbocycles. The summed E-state index contributed by atoms with van der Waals surface area (Å²) >= 11 is 2.07. The van der Waals surface area contributed by atoms with Crippen molar-refractivity contribution in [2.24, 2.45) is 5.10 Å². The van der Waals surface area contributed by atoms with Crippen LogP contribution in [0.5, 0.6) is 23.1 Å². The second kappa shape index (κ2) is 11.5. The summed E-state index contributed by atoms with van der Waals surface area (Å²) in [7, 11) is 3.05. The molecule has 3 heterocycles. The van der Waals surface area contributed by atoms with Gasteiger partial charge in [-0.3, -0.25) is 14.9 Å². The Morgan fingerprint density at radius 2 is 1.81 bits per heavy atom. The van der Waals surface area contributed by atoms with Crippen molar-refractivity contribution in [2.75, 3.05) is 14.2 Å². The van der Waals surface area contributed by atoms with Crippen LogP contribution in [0.4, 0.5) is 5.69 Å². The molecule has 0 bridgehead atoms. The number of nitro groups is 1. The van der Waals surface area contributed by atoms with Gasteiger partial charge in [-0.2, -0.15) is 9.78 Å². The van der Waals surface area contributed by atoms with Crippen molar-refractivity contribution < 1.29 is 23.6 Å². The third-order valence-corrected chi connectivity index (χ3v) is 7.23. The fourth-order valence-corrected chi connectivity index (χ4v) is 5.13. The first-order valence-electron chi connectivity index (χ1n) is 12.6. The van der Waals surface area contributed by atoms with E-state index in [1.165, 1.54) is 30.1 Å². The second-order valence-corrected chi connectivity index (χ2v) is 10.2. The van der Waals surface area contributed by atoms with Gasteiger partial charge in [-0.1, -0.05) is 18.2 Å². The number of hydrogen-bond acceptors (Lipinski definition) is 10. The molecule has 0 amide bonds. The van der Waals surface area contributed by atoms with Gasteiger partial charge in [-0.15, -0.1) is 0 Å². The molecular weight excluding hydrogens is 669 g/mol. The topological polar surface area (TPSA) is 144 Å². The molecule has 0 aliphatic heterocycles. The van der Waals surface area contributed by atoms with Gasteiger partial charge in [-0.25, -0.2) is 9.97 Å². The van der Waals surface area contributed by atoms with Gasteiger partial charge in [0.25, 0.3) is 11.2 Å². The van der Waals surface area contributed by atoms with Crippen LogP contribution in [0.1, 0.15) is 5.56 Å². The van der Waals surface area contributed by atoms with Crippen LogP contribution in [0.3, 0.4) is 0 Å². The third-order valence-electron chi connectivity index (χ3n) is 6.43. The fourth-order valence-electron chi connectivity index (χ4n) is 4.40. The molecule has 0 unspecified atom stereocenters. The summed E-state index contributed by atoms with van der Waals surface area (Å²) in [5.74, 6) is 2.06. The zero-order chi connectivity index (χ0) is 30.1. The Morgan fingerprint density at radius 1 is 1.00 bits per heavy atom. The molecule has 0 aliphatic carbocycles. The molecule has 0 radical (unpaired) electrons. The maximum atomic E-state index is 13.6. The van der Waals surface area contributed by atoms with E-state index in [2.05, 4.69) is 32.7 Å². The lowest BCUT2D eigenvalue weighted by Crippen LogP contribution is -2.20. The summed E-state index contributed by atoms with van der Waals surface area (Å²) < 4.78 is 24.8. The highest BCUT2D eigenvalue weighted by atomic mass is 127. The number of methoxy groups -OCH3 is 2.